The predicted molar refractivity (Wildman–Crippen MR) is 100 cm³/mol. The van der Waals surface area contributed by atoms with Crippen molar-refractivity contribution in [3.05, 3.63) is 60.0 Å². The Morgan fingerprint density at radius 3 is 2.52 bits per heavy atom. The summed E-state index contributed by atoms with van der Waals surface area (Å²) in [6.07, 6.45) is 0. The zero-order valence-electron chi connectivity index (χ0n) is 14.6. The van der Waals surface area contributed by atoms with Crippen LogP contribution in [-0.4, -0.2) is 29.7 Å². The number of aromatic nitrogens is 1. The number of nitrogens with one attached hydrogen (secondary N) is 1. The predicted octanol–water partition coefficient (Wildman–Crippen LogP) is 2.94. The van der Waals surface area contributed by atoms with Gasteiger partial charge in [-0.15, -0.1) is 0 Å². The molecule has 4 rings (SSSR count). The van der Waals surface area contributed by atoms with Crippen LogP contribution in [0.1, 0.15) is 12.6 Å². The quantitative estimate of drug-likeness (QED) is 0.751. The van der Waals surface area contributed by atoms with Crippen molar-refractivity contribution in [3.8, 4) is 0 Å². The van der Waals surface area contributed by atoms with E-state index in [0.29, 0.717) is 18.8 Å². The van der Waals surface area contributed by atoms with E-state index in [1.54, 1.807) is 18.2 Å². The molecule has 0 radical (unpaired) electrons. The van der Waals surface area contributed by atoms with Crippen LogP contribution in [0.3, 0.4) is 0 Å². The topological polar surface area (TPSA) is 71.4 Å². The number of nitrogens with zero attached hydrogens (tertiary/aromatic N) is 2. The van der Waals surface area contributed by atoms with E-state index in [0.717, 1.165) is 16.6 Å². The molecule has 3 aromatic rings. The Kier molecular flexibility index (Phi) is 4.24. The lowest BCUT2D eigenvalue weighted by molar-refractivity contribution is -0.114. The summed E-state index contributed by atoms with van der Waals surface area (Å²) >= 11 is 0. The first-order chi connectivity index (χ1) is 12.8. The van der Waals surface area contributed by atoms with Gasteiger partial charge in [0.15, 0.2) is 0 Å². The van der Waals surface area contributed by atoms with E-state index in [2.05, 4.69) is 5.32 Å². The Balaban J connectivity index is 1.62. The fourth-order valence-corrected chi connectivity index (χ4v) is 4.84. The zero-order valence-corrected chi connectivity index (χ0v) is 15.5. The number of anilines is 1. The van der Waals surface area contributed by atoms with Gasteiger partial charge in [-0.05, 0) is 48.5 Å². The Morgan fingerprint density at radius 1 is 1.07 bits per heavy atom. The molecule has 1 aliphatic rings. The van der Waals surface area contributed by atoms with Gasteiger partial charge in [0.25, 0.3) is 0 Å². The number of halogens is 1. The second-order valence-electron chi connectivity index (χ2n) is 6.53. The molecule has 0 fully saturated rings. The third-order valence-corrected chi connectivity index (χ3v) is 6.53. The molecule has 1 amide bonds. The molecule has 1 N–H and O–H groups in total. The lowest BCUT2D eigenvalue weighted by Crippen LogP contribution is -2.37. The molecular weight excluding hydrogens is 369 g/mol. The van der Waals surface area contributed by atoms with Crippen LogP contribution in [0.15, 0.2) is 53.4 Å². The summed E-state index contributed by atoms with van der Waals surface area (Å²) in [6, 6.07) is 12.5. The first-order valence-corrected chi connectivity index (χ1v) is 9.94. The molecule has 0 unspecified atom stereocenters. The highest BCUT2D eigenvalue weighted by Crippen LogP contribution is 2.28. The highest BCUT2D eigenvalue weighted by atomic mass is 32.2. The molecular formula is C19H18FN3O3S. The van der Waals surface area contributed by atoms with Gasteiger partial charge in [-0.25, -0.2) is 12.8 Å². The number of carbonyl (C=O) groups excluding carboxylic acids is 1. The molecule has 0 aliphatic carbocycles. The first-order valence-electron chi connectivity index (χ1n) is 8.50. The fourth-order valence-electron chi connectivity index (χ4n) is 3.43. The number of amides is 1. The van der Waals surface area contributed by atoms with Crippen LogP contribution in [0.5, 0.6) is 0 Å². The summed E-state index contributed by atoms with van der Waals surface area (Å²) < 4.78 is 42.8. The van der Waals surface area contributed by atoms with Crippen LogP contribution in [0.4, 0.5) is 10.1 Å². The molecule has 0 bridgehead atoms. The maximum Gasteiger partial charge on any atom is 0.243 e. The molecule has 140 valence electrons. The number of hydrogen-bond acceptors (Lipinski definition) is 3. The Bertz CT molecular complexity index is 1140. The van der Waals surface area contributed by atoms with E-state index in [-0.39, 0.29) is 23.2 Å². The summed E-state index contributed by atoms with van der Waals surface area (Å²) in [7, 11) is -3.66. The summed E-state index contributed by atoms with van der Waals surface area (Å²) in [5.74, 6) is -0.528. The highest BCUT2D eigenvalue weighted by Gasteiger charge is 2.29. The smallest absolute Gasteiger partial charge is 0.243 e. The molecule has 6 nitrogen and oxygen atoms in total. The normalized spacial score (nSPS) is 14.9. The van der Waals surface area contributed by atoms with Gasteiger partial charge >= 0.3 is 0 Å². The standard InChI is InChI=1S/C19H18FN3O3S/c1-13(24)21-16-3-5-18(6-4-16)27(25,26)22-8-9-23-17(12-22)11-14-10-15(20)2-7-19(14)23/h2-7,10-11H,8-9,12H2,1H3,(H,21,24). The van der Waals surface area contributed by atoms with Gasteiger partial charge in [0.2, 0.25) is 15.9 Å². The van der Waals surface area contributed by atoms with E-state index in [1.165, 1.54) is 35.5 Å². The monoisotopic (exact) mass is 387 g/mol. The number of fused-ring (bicyclic) bond motifs is 3. The van der Waals surface area contributed by atoms with Gasteiger partial charge in [-0.2, -0.15) is 4.31 Å². The summed E-state index contributed by atoms with van der Waals surface area (Å²) in [6.45, 7) is 2.47. The van der Waals surface area contributed by atoms with E-state index in [4.69, 9.17) is 0 Å². The van der Waals surface area contributed by atoms with Crippen molar-refractivity contribution in [2.75, 3.05) is 11.9 Å². The second-order valence-corrected chi connectivity index (χ2v) is 8.47. The molecule has 8 heteroatoms. The number of hydrogen-bond donors (Lipinski definition) is 1. The van der Waals surface area contributed by atoms with Crippen LogP contribution in [0.25, 0.3) is 10.9 Å². The van der Waals surface area contributed by atoms with Crippen LogP contribution in [0.2, 0.25) is 0 Å². The summed E-state index contributed by atoms with van der Waals surface area (Å²) in [5, 5.41) is 3.38. The van der Waals surface area contributed by atoms with Crippen molar-refractivity contribution in [3.63, 3.8) is 0 Å². The average molecular weight is 387 g/mol. The van der Waals surface area contributed by atoms with Crippen molar-refractivity contribution in [1.82, 2.24) is 8.87 Å². The number of rotatable bonds is 3. The molecule has 0 saturated heterocycles. The molecule has 27 heavy (non-hydrogen) atoms. The molecule has 0 spiro atoms. The van der Waals surface area contributed by atoms with Crippen LogP contribution in [-0.2, 0) is 27.9 Å². The van der Waals surface area contributed by atoms with Gasteiger partial charge in [-0.3, -0.25) is 4.79 Å². The Hall–Kier alpha value is -2.71. The Labute approximate surface area is 156 Å². The summed E-state index contributed by atoms with van der Waals surface area (Å²) in [5.41, 5.74) is 2.28. The number of sulfonamides is 1. The van der Waals surface area contributed by atoms with E-state index < -0.39 is 10.0 Å². The molecule has 2 heterocycles. The van der Waals surface area contributed by atoms with Crippen LogP contribution in [0, 0.1) is 5.82 Å². The third-order valence-electron chi connectivity index (χ3n) is 4.67. The SMILES string of the molecule is CC(=O)Nc1ccc(S(=O)(=O)N2CCn3c(cc4cc(F)ccc43)C2)cc1. The minimum atomic E-state index is -3.66. The van der Waals surface area contributed by atoms with E-state index >= 15 is 0 Å². The lowest BCUT2D eigenvalue weighted by Gasteiger charge is -2.28. The van der Waals surface area contributed by atoms with Crippen molar-refractivity contribution in [2.45, 2.75) is 24.9 Å². The van der Waals surface area contributed by atoms with Crippen LogP contribution < -0.4 is 5.32 Å². The largest absolute Gasteiger partial charge is 0.342 e. The third kappa shape index (κ3) is 3.22. The van der Waals surface area contributed by atoms with Crippen molar-refractivity contribution >= 4 is 32.5 Å². The van der Waals surface area contributed by atoms with Gasteiger partial charge in [0.05, 0.1) is 11.4 Å². The van der Waals surface area contributed by atoms with E-state index in [1.807, 2.05) is 10.6 Å². The fraction of sp³-hybridized carbons (Fsp3) is 0.211. The van der Waals surface area contributed by atoms with Gasteiger partial charge in [-0.1, -0.05) is 0 Å². The first kappa shape index (κ1) is 17.7. The van der Waals surface area contributed by atoms with Gasteiger partial charge in [0, 0.05) is 42.3 Å². The average Bonchev–Trinajstić information content (AvgIpc) is 2.98. The number of carbonyl (C=O) groups is 1. The molecule has 0 saturated carbocycles. The minimum Gasteiger partial charge on any atom is -0.342 e. The second kappa shape index (κ2) is 6.47. The van der Waals surface area contributed by atoms with E-state index in [9.17, 15) is 17.6 Å². The van der Waals surface area contributed by atoms with Gasteiger partial charge in [0.1, 0.15) is 5.82 Å². The molecule has 1 aliphatic heterocycles. The maximum atomic E-state index is 13.5. The molecule has 0 atom stereocenters. The highest BCUT2D eigenvalue weighted by molar-refractivity contribution is 7.89. The van der Waals surface area contributed by atoms with Crippen molar-refractivity contribution in [2.24, 2.45) is 0 Å². The van der Waals surface area contributed by atoms with Crippen molar-refractivity contribution < 1.29 is 17.6 Å². The van der Waals surface area contributed by atoms with Crippen molar-refractivity contribution in [1.29, 1.82) is 0 Å². The zero-order chi connectivity index (χ0) is 19.2. The van der Waals surface area contributed by atoms with Crippen LogP contribution >= 0.6 is 0 Å². The lowest BCUT2D eigenvalue weighted by atomic mass is 10.2. The number of benzene rings is 2. The molecule has 2 aromatic carbocycles. The maximum absolute atomic E-state index is 13.5. The summed E-state index contributed by atoms with van der Waals surface area (Å²) in [4.78, 5) is 11.3. The molecule has 1 aromatic heterocycles. The minimum absolute atomic E-state index is 0.173. The van der Waals surface area contributed by atoms with Gasteiger partial charge < -0.3 is 9.88 Å². The Morgan fingerprint density at radius 2 is 1.81 bits per heavy atom.